The molecular weight excluding hydrogens is 258 g/mol. The molecule has 0 atom stereocenters. The van der Waals surface area contributed by atoms with Gasteiger partial charge in [0.25, 0.3) is 0 Å². The van der Waals surface area contributed by atoms with Crippen molar-refractivity contribution in [2.75, 3.05) is 0 Å². The minimum absolute atomic E-state index is 0.0459. The maximum Gasteiger partial charge on any atom is 0.315 e. The fourth-order valence-electron chi connectivity index (χ4n) is 1.32. The van der Waals surface area contributed by atoms with Crippen molar-refractivity contribution in [2.45, 2.75) is 6.92 Å². The van der Waals surface area contributed by atoms with Gasteiger partial charge >= 0.3 is 5.69 Å². The molecule has 0 saturated carbocycles. The van der Waals surface area contributed by atoms with Gasteiger partial charge in [-0.15, -0.1) is 0 Å². The molecule has 0 aliphatic rings. The van der Waals surface area contributed by atoms with Gasteiger partial charge in [0, 0.05) is 11.1 Å². The number of aromatic hydroxyl groups is 1. The van der Waals surface area contributed by atoms with Crippen LogP contribution in [0.25, 0.3) is 6.08 Å². The van der Waals surface area contributed by atoms with Crippen LogP contribution in [0, 0.1) is 39.7 Å². The predicted molar refractivity (Wildman–Crippen MR) is 63.7 cm³/mol. The first-order valence-corrected chi connectivity index (χ1v) is 4.98. The second-order valence-electron chi connectivity index (χ2n) is 3.31. The maximum atomic E-state index is 10.8. The summed E-state index contributed by atoms with van der Waals surface area (Å²) in [4.78, 5) is 10.0. The molecule has 7 heteroatoms. The number of hydrogen-bond donors (Lipinski definition) is 1. The van der Waals surface area contributed by atoms with E-state index in [-0.39, 0.29) is 21.7 Å². The molecule has 1 N–H and O–H groups in total. The van der Waals surface area contributed by atoms with Crippen molar-refractivity contribution in [3.05, 3.63) is 37.9 Å². The van der Waals surface area contributed by atoms with E-state index in [2.05, 4.69) is 0 Å². The molecule has 6 nitrogen and oxygen atoms in total. The monoisotopic (exact) mass is 263 g/mol. The van der Waals surface area contributed by atoms with Gasteiger partial charge in [-0.05, 0) is 19.1 Å². The van der Waals surface area contributed by atoms with Crippen LogP contribution in [-0.2, 0) is 0 Å². The highest BCUT2D eigenvalue weighted by Crippen LogP contribution is 2.38. The lowest BCUT2D eigenvalue weighted by Crippen LogP contribution is -1.95. The molecule has 0 unspecified atom stereocenters. The Kier molecular flexibility index (Phi) is 3.88. The molecule has 0 radical (unpaired) electrons. The molecule has 1 aromatic carbocycles. The zero-order valence-electron chi connectivity index (χ0n) is 9.14. The third-order valence-electron chi connectivity index (χ3n) is 2.22. The summed E-state index contributed by atoms with van der Waals surface area (Å²) < 4.78 is 0. The summed E-state index contributed by atoms with van der Waals surface area (Å²) in [6.45, 7) is 1.39. The maximum absolute atomic E-state index is 10.8. The Morgan fingerprint density at radius 1 is 1.56 bits per heavy atom. The third kappa shape index (κ3) is 2.40. The van der Waals surface area contributed by atoms with E-state index in [4.69, 9.17) is 22.1 Å². The van der Waals surface area contributed by atoms with Crippen LogP contribution in [0.3, 0.4) is 0 Å². The van der Waals surface area contributed by atoms with Crippen molar-refractivity contribution in [1.82, 2.24) is 0 Å². The van der Waals surface area contributed by atoms with Gasteiger partial charge in [0.2, 0.25) is 5.75 Å². The summed E-state index contributed by atoms with van der Waals surface area (Å²) in [6.07, 6.45) is 1.04. The lowest BCUT2D eigenvalue weighted by atomic mass is 10.1. The van der Waals surface area contributed by atoms with Gasteiger partial charge in [-0.25, -0.2) is 0 Å². The molecule has 0 aromatic heterocycles. The fraction of sp³-hybridized carbons (Fsp3) is 0.0909. The summed E-state index contributed by atoms with van der Waals surface area (Å²) in [5.41, 5.74) is -0.759. The normalized spacial score (nSPS) is 9.11. The summed E-state index contributed by atoms with van der Waals surface area (Å²) in [5.74, 6) is -0.620. The molecule has 0 heterocycles. The largest absolute Gasteiger partial charge is 0.502 e. The topological polar surface area (TPSA) is 111 Å². The Labute approximate surface area is 107 Å². The number of nitro benzene ring substituents is 1. The lowest BCUT2D eigenvalue weighted by molar-refractivity contribution is -0.386. The van der Waals surface area contributed by atoms with Crippen LogP contribution in [0.4, 0.5) is 5.69 Å². The van der Waals surface area contributed by atoms with E-state index in [0.717, 1.165) is 6.08 Å². The highest BCUT2D eigenvalue weighted by Gasteiger charge is 2.22. The molecule has 90 valence electrons. The van der Waals surface area contributed by atoms with E-state index < -0.39 is 16.4 Å². The molecule has 0 aliphatic heterocycles. The van der Waals surface area contributed by atoms with E-state index in [0.29, 0.717) is 0 Å². The summed E-state index contributed by atoms with van der Waals surface area (Å²) in [6, 6.07) is 4.43. The molecule has 0 spiro atoms. The summed E-state index contributed by atoms with van der Waals surface area (Å²) >= 11 is 5.79. The van der Waals surface area contributed by atoms with E-state index in [9.17, 15) is 15.2 Å². The fourth-order valence-corrected chi connectivity index (χ4v) is 1.53. The molecule has 0 fully saturated rings. The van der Waals surface area contributed by atoms with Crippen LogP contribution in [0.15, 0.2) is 11.6 Å². The Morgan fingerprint density at radius 2 is 2.11 bits per heavy atom. The smallest absolute Gasteiger partial charge is 0.315 e. The van der Waals surface area contributed by atoms with Gasteiger partial charge in [0.15, 0.2) is 0 Å². The van der Waals surface area contributed by atoms with Crippen LogP contribution >= 0.6 is 11.6 Å². The Hall–Kier alpha value is -2.57. The summed E-state index contributed by atoms with van der Waals surface area (Å²) in [5, 5.41) is 37.8. The standard InChI is InChI=1S/C11H6ClN3O3/c1-6-9(12)3-8(2-7(4-13)5-14)11(16)10(6)15(17)18/h2-3,16H,1H3. The first-order chi connectivity index (χ1) is 8.42. The number of halogens is 1. The van der Waals surface area contributed by atoms with Crippen LogP contribution < -0.4 is 0 Å². The zero-order valence-corrected chi connectivity index (χ0v) is 9.89. The second-order valence-corrected chi connectivity index (χ2v) is 3.72. The Balaban J connectivity index is 3.61. The van der Waals surface area contributed by atoms with Crippen molar-refractivity contribution in [3.8, 4) is 17.9 Å². The third-order valence-corrected chi connectivity index (χ3v) is 2.61. The molecule has 18 heavy (non-hydrogen) atoms. The van der Waals surface area contributed by atoms with Crippen LogP contribution in [0.2, 0.25) is 5.02 Å². The van der Waals surface area contributed by atoms with Crippen LogP contribution in [-0.4, -0.2) is 10.0 Å². The quantitative estimate of drug-likeness (QED) is 0.501. The van der Waals surface area contributed by atoms with E-state index in [1.54, 1.807) is 12.1 Å². The number of rotatable bonds is 2. The highest BCUT2D eigenvalue weighted by molar-refractivity contribution is 6.32. The van der Waals surface area contributed by atoms with E-state index >= 15 is 0 Å². The first kappa shape index (κ1) is 13.5. The number of nitro groups is 1. The molecule has 1 rings (SSSR count). The number of hydrogen-bond acceptors (Lipinski definition) is 5. The number of benzene rings is 1. The van der Waals surface area contributed by atoms with Gasteiger partial charge in [-0.3, -0.25) is 10.1 Å². The second kappa shape index (κ2) is 5.17. The molecule has 0 bridgehead atoms. The van der Waals surface area contributed by atoms with Crippen molar-refractivity contribution >= 4 is 23.4 Å². The number of allylic oxidation sites excluding steroid dienone is 1. The number of nitriles is 2. The highest BCUT2D eigenvalue weighted by atomic mass is 35.5. The molecule has 0 amide bonds. The van der Waals surface area contributed by atoms with E-state index in [1.807, 2.05) is 0 Å². The average Bonchev–Trinajstić information content (AvgIpc) is 2.32. The molecule has 0 saturated heterocycles. The number of phenols is 1. The SMILES string of the molecule is Cc1c(Cl)cc(C=C(C#N)C#N)c(O)c1[N+](=O)[O-]. The summed E-state index contributed by atoms with van der Waals surface area (Å²) in [7, 11) is 0. The lowest BCUT2D eigenvalue weighted by Gasteiger charge is -2.05. The van der Waals surface area contributed by atoms with Crippen molar-refractivity contribution < 1.29 is 10.0 Å². The van der Waals surface area contributed by atoms with Gasteiger partial charge in [-0.1, -0.05) is 11.6 Å². The average molecular weight is 264 g/mol. The van der Waals surface area contributed by atoms with Crippen molar-refractivity contribution in [3.63, 3.8) is 0 Å². The van der Waals surface area contributed by atoms with Gasteiger partial charge in [0.1, 0.15) is 17.7 Å². The van der Waals surface area contributed by atoms with Gasteiger partial charge < -0.3 is 5.11 Å². The van der Waals surface area contributed by atoms with Crippen LogP contribution in [0.1, 0.15) is 11.1 Å². The predicted octanol–water partition coefficient (Wildman–Crippen LogP) is 2.69. The molecule has 1 aromatic rings. The molecule has 0 aliphatic carbocycles. The Bertz CT molecular complexity index is 622. The first-order valence-electron chi connectivity index (χ1n) is 4.60. The zero-order chi connectivity index (χ0) is 13.9. The van der Waals surface area contributed by atoms with Gasteiger partial charge in [-0.2, -0.15) is 10.5 Å². The van der Waals surface area contributed by atoms with Crippen LogP contribution in [0.5, 0.6) is 5.75 Å². The van der Waals surface area contributed by atoms with Gasteiger partial charge in [0.05, 0.1) is 9.95 Å². The van der Waals surface area contributed by atoms with Crippen molar-refractivity contribution in [2.24, 2.45) is 0 Å². The molecular formula is C11H6ClN3O3. The number of nitrogens with zero attached hydrogens (tertiary/aromatic N) is 3. The van der Waals surface area contributed by atoms with E-state index in [1.165, 1.54) is 13.0 Å². The minimum atomic E-state index is -0.772. The van der Waals surface area contributed by atoms with Crippen molar-refractivity contribution in [1.29, 1.82) is 10.5 Å². The Morgan fingerprint density at radius 3 is 2.56 bits per heavy atom. The number of phenolic OH excluding ortho intramolecular Hbond substituents is 1. The minimum Gasteiger partial charge on any atom is -0.502 e.